The Morgan fingerprint density at radius 2 is 1.83 bits per heavy atom. The van der Waals surface area contributed by atoms with E-state index in [-0.39, 0.29) is 23.4 Å². The predicted molar refractivity (Wildman–Crippen MR) is 134 cm³/mol. The van der Waals surface area contributed by atoms with Crippen LogP contribution in [0, 0.1) is 5.82 Å². The van der Waals surface area contributed by atoms with Gasteiger partial charge in [0.1, 0.15) is 5.82 Å². The Balaban J connectivity index is 1.46. The van der Waals surface area contributed by atoms with Gasteiger partial charge in [0, 0.05) is 23.5 Å². The molecule has 2 N–H and O–H groups in total. The van der Waals surface area contributed by atoms with Crippen molar-refractivity contribution in [2.45, 2.75) is 37.9 Å². The third-order valence-electron chi connectivity index (χ3n) is 5.68. The number of thioether (sulfide) groups is 1. The maximum absolute atomic E-state index is 13.6. The van der Waals surface area contributed by atoms with Gasteiger partial charge in [0.15, 0.2) is 11.0 Å². The smallest absolute Gasteiger partial charge is 0.251 e. The quantitative estimate of drug-likeness (QED) is 0.437. The Morgan fingerprint density at radius 1 is 1.06 bits per heavy atom. The summed E-state index contributed by atoms with van der Waals surface area (Å²) in [4.78, 5) is 27.1. The number of anilines is 1. The van der Waals surface area contributed by atoms with Crippen LogP contribution in [0.3, 0.4) is 0 Å². The topological polar surface area (TPSA) is 92.2 Å². The minimum absolute atomic E-state index is 0.106. The van der Waals surface area contributed by atoms with Crippen molar-refractivity contribution in [2.24, 2.45) is 0 Å². The molecule has 1 saturated heterocycles. The van der Waals surface area contributed by atoms with Crippen molar-refractivity contribution >= 4 is 29.3 Å². The number of likely N-dealkylation sites (tertiary alicyclic amines) is 1. The minimum atomic E-state index is -0.317. The normalized spacial score (nSPS) is 14.0. The number of hydrogen-bond donors (Lipinski definition) is 2. The van der Waals surface area contributed by atoms with Crippen LogP contribution >= 0.6 is 11.8 Å². The summed E-state index contributed by atoms with van der Waals surface area (Å²) in [6.45, 7) is 5.04. The van der Waals surface area contributed by atoms with E-state index < -0.39 is 0 Å². The molecule has 0 unspecified atom stereocenters. The first-order chi connectivity index (χ1) is 17.0. The zero-order valence-electron chi connectivity index (χ0n) is 19.7. The zero-order valence-corrected chi connectivity index (χ0v) is 20.5. The molecule has 184 valence electrons. The largest absolute Gasteiger partial charge is 0.352 e. The van der Waals surface area contributed by atoms with Crippen molar-refractivity contribution in [1.29, 1.82) is 0 Å². The fourth-order valence-electron chi connectivity index (χ4n) is 3.99. The second-order valence-electron chi connectivity index (χ2n) is 8.32. The highest BCUT2D eigenvalue weighted by atomic mass is 32.2. The van der Waals surface area contributed by atoms with Crippen molar-refractivity contribution in [2.75, 3.05) is 30.7 Å². The van der Waals surface area contributed by atoms with Gasteiger partial charge in [0.25, 0.3) is 5.91 Å². The van der Waals surface area contributed by atoms with Crippen LogP contribution in [0.1, 0.15) is 42.4 Å². The van der Waals surface area contributed by atoms with Gasteiger partial charge in [-0.15, -0.1) is 10.2 Å². The number of amides is 2. The number of aromatic nitrogens is 3. The van der Waals surface area contributed by atoms with E-state index in [4.69, 9.17) is 0 Å². The van der Waals surface area contributed by atoms with E-state index in [0.29, 0.717) is 29.5 Å². The molecule has 35 heavy (non-hydrogen) atoms. The fourth-order valence-corrected chi connectivity index (χ4v) is 4.76. The number of nitrogens with zero attached hydrogens (tertiary/aromatic N) is 4. The molecule has 1 aromatic heterocycles. The van der Waals surface area contributed by atoms with E-state index in [2.05, 4.69) is 25.7 Å². The van der Waals surface area contributed by atoms with E-state index in [1.165, 1.54) is 30.3 Å². The van der Waals surface area contributed by atoms with Crippen molar-refractivity contribution in [3.05, 3.63) is 65.7 Å². The molecular weight excluding hydrogens is 467 g/mol. The summed E-state index contributed by atoms with van der Waals surface area (Å²) in [6.07, 6.45) is 3.56. The summed E-state index contributed by atoms with van der Waals surface area (Å²) in [5, 5.41) is 14.9. The molecule has 0 bridgehead atoms. The molecule has 1 aliphatic heterocycles. The van der Waals surface area contributed by atoms with Crippen LogP contribution in [0.4, 0.5) is 10.1 Å². The van der Waals surface area contributed by atoms with Gasteiger partial charge in [-0.05, 0) is 75.3 Å². The molecule has 1 fully saturated rings. The molecule has 0 radical (unpaired) electrons. The number of carbonyl (C=O) groups excluding carboxylic acids is 2. The second kappa shape index (κ2) is 11.9. The van der Waals surface area contributed by atoms with Crippen LogP contribution in [-0.4, -0.2) is 56.9 Å². The van der Waals surface area contributed by atoms with Gasteiger partial charge in [-0.3, -0.25) is 19.1 Å². The van der Waals surface area contributed by atoms with Gasteiger partial charge in [-0.25, -0.2) is 4.39 Å². The van der Waals surface area contributed by atoms with E-state index in [1.807, 2.05) is 11.5 Å². The maximum atomic E-state index is 13.6. The van der Waals surface area contributed by atoms with Crippen LogP contribution in [0.5, 0.6) is 0 Å². The van der Waals surface area contributed by atoms with Crippen LogP contribution < -0.4 is 10.6 Å². The Hall–Kier alpha value is -3.24. The first-order valence-corrected chi connectivity index (χ1v) is 12.8. The van der Waals surface area contributed by atoms with E-state index in [1.54, 1.807) is 36.4 Å². The Labute approximate surface area is 208 Å². The molecule has 10 heteroatoms. The van der Waals surface area contributed by atoms with Gasteiger partial charge in [-0.1, -0.05) is 24.2 Å². The molecule has 1 aliphatic rings. The third kappa shape index (κ3) is 6.67. The lowest BCUT2D eigenvalue weighted by Crippen LogP contribution is -2.30. The van der Waals surface area contributed by atoms with E-state index in [9.17, 15) is 14.0 Å². The lowest BCUT2D eigenvalue weighted by Gasteiger charge is -2.26. The minimum Gasteiger partial charge on any atom is -0.352 e. The number of nitrogens with one attached hydrogen (secondary N) is 2. The van der Waals surface area contributed by atoms with Crippen LogP contribution in [0.15, 0.2) is 53.7 Å². The number of piperidine rings is 1. The average Bonchev–Trinajstić information content (AvgIpc) is 3.26. The fraction of sp³-hybridized carbons (Fsp3) is 0.360. The van der Waals surface area contributed by atoms with Crippen LogP contribution in [0.25, 0.3) is 5.69 Å². The summed E-state index contributed by atoms with van der Waals surface area (Å²) in [6, 6.07) is 13.0. The SMILES string of the molecule is CCNC(=O)c1cccc(NC(=O)CSc2nnc(CN3CCCCC3)n2-c2ccc(F)cc2)c1. The highest BCUT2D eigenvalue weighted by Gasteiger charge is 2.20. The number of benzene rings is 2. The van der Waals surface area contributed by atoms with Crippen LogP contribution in [-0.2, 0) is 11.3 Å². The molecule has 0 aliphatic carbocycles. The highest BCUT2D eigenvalue weighted by Crippen LogP contribution is 2.24. The van der Waals surface area contributed by atoms with Crippen molar-refractivity contribution in [3.63, 3.8) is 0 Å². The molecule has 0 saturated carbocycles. The van der Waals surface area contributed by atoms with Crippen LogP contribution in [0.2, 0.25) is 0 Å². The molecule has 2 aromatic carbocycles. The Bertz CT molecular complexity index is 1160. The zero-order chi connectivity index (χ0) is 24.6. The number of halogens is 1. The molecule has 3 aromatic rings. The Kier molecular flexibility index (Phi) is 8.49. The van der Waals surface area contributed by atoms with Gasteiger partial charge >= 0.3 is 0 Å². The first-order valence-electron chi connectivity index (χ1n) is 11.8. The monoisotopic (exact) mass is 496 g/mol. The number of hydrogen-bond acceptors (Lipinski definition) is 6. The van der Waals surface area contributed by atoms with Crippen molar-refractivity contribution < 1.29 is 14.0 Å². The van der Waals surface area contributed by atoms with Gasteiger partial charge < -0.3 is 10.6 Å². The Morgan fingerprint density at radius 3 is 2.57 bits per heavy atom. The molecular formula is C25H29FN6O2S. The lowest BCUT2D eigenvalue weighted by atomic mass is 10.1. The highest BCUT2D eigenvalue weighted by molar-refractivity contribution is 7.99. The summed E-state index contributed by atoms with van der Waals surface area (Å²) in [7, 11) is 0. The molecule has 8 nitrogen and oxygen atoms in total. The van der Waals surface area contributed by atoms with Gasteiger partial charge in [-0.2, -0.15) is 0 Å². The maximum Gasteiger partial charge on any atom is 0.251 e. The second-order valence-corrected chi connectivity index (χ2v) is 9.27. The van der Waals surface area contributed by atoms with E-state index in [0.717, 1.165) is 37.4 Å². The van der Waals surface area contributed by atoms with Gasteiger partial charge in [0.05, 0.1) is 12.3 Å². The summed E-state index contributed by atoms with van der Waals surface area (Å²) in [5.74, 6) is 0.133. The molecule has 4 rings (SSSR count). The summed E-state index contributed by atoms with van der Waals surface area (Å²) >= 11 is 1.26. The van der Waals surface area contributed by atoms with Gasteiger partial charge in [0.2, 0.25) is 5.91 Å². The molecule has 2 heterocycles. The van der Waals surface area contributed by atoms with Crippen molar-refractivity contribution in [3.8, 4) is 5.69 Å². The van der Waals surface area contributed by atoms with Crippen molar-refractivity contribution in [1.82, 2.24) is 25.0 Å². The molecule has 0 atom stereocenters. The summed E-state index contributed by atoms with van der Waals surface area (Å²) < 4.78 is 15.4. The average molecular weight is 497 g/mol. The third-order valence-corrected chi connectivity index (χ3v) is 6.61. The number of carbonyl (C=O) groups is 2. The predicted octanol–water partition coefficient (Wildman–Crippen LogP) is 3.87. The molecule has 0 spiro atoms. The lowest BCUT2D eigenvalue weighted by molar-refractivity contribution is -0.113. The number of rotatable bonds is 9. The standard InChI is InChI=1S/C25H29FN6O2S/c1-2-27-24(34)18-7-6-8-20(15-18)28-23(33)17-35-25-30-29-22(16-31-13-4-3-5-14-31)32(25)21-11-9-19(26)10-12-21/h6-12,15H,2-5,13-14,16-17H2,1H3,(H,27,34)(H,28,33). The first kappa shape index (κ1) is 24.9. The summed E-state index contributed by atoms with van der Waals surface area (Å²) in [5.41, 5.74) is 1.78. The molecule has 2 amide bonds. The van der Waals surface area contributed by atoms with E-state index >= 15 is 0 Å².